The largest absolute Gasteiger partial charge is 0.384 e. The number of carbonyl (C=O) groups is 2. The zero-order chi connectivity index (χ0) is 13.3. The summed E-state index contributed by atoms with van der Waals surface area (Å²) in [5, 5.41) is 11.8. The van der Waals surface area contributed by atoms with E-state index in [0.29, 0.717) is 17.7 Å². The second-order valence-corrected chi connectivity index (χ2v) is 4.34. The molecule has 1 aromatic rings. The van der Waals surface area contributed by atoms with Crippen molar-refractivity contribution in [1.29, 1.82) is 5.26 Å². The van der Waals surface area contributed by atoms with Gasteiger partial charge in [-0.2, -0.15) is 5.26 Å². The van der Waals surface area contributed by atoms with Gasteiger partial charge in [0, 0.05) is 19.3 Å². The van der Waals surface area contributed by atoms with Gasteiger partial charge in [0.25, 0.3) is 11.8 Å². The lowest BCUT2D eigenvalue weighted by molar-refractivity contribution is 0.0693. The highest BCUT2D eigenvalue weighted by Gasteiger charge is 2.32. The third-order valence-corrected chi connectivity index (χ3v) is 2.92. The monoisotopic (exact) mass is 243 g/mol. The molecule has 1 heterocycles. The van der Waals surface area contributed by atoms with Crippen molar-refractivity contribution in [2.24, 2.45) is 5.92 Å². The Morgan fingerprint density at radius 2 is 2.00 bits per heavy atom. The lowest BCUT2D eigenvalue weighted by Gasteiger charge is -2.08. The van der Waals surface area contributed by atoms with Crippen LogP contribution in [0.5, 0.6) is 0 Å². The summed E-state index contributed by atoms with van der Waals surface area (Å²) < 4.78 is 0. The first kappa shape index (κ1) is 12.1. The molecule has 1 N–H and O–H groups in total. The van der Waals surface area contributed by atoms with Crippen LogP contribution in [-0.2, 0) is 0 Å². The predicted molar refractivity (Wildman–Crippen MR) is 66.1 cm³/mol. The Kier molecular flexibility index (Phi) is 3.02. The Balaban J connectivity index is 2.22. The van der Waals surface area contributed by atoms with Crippen molar-refractivity contribution in [3.05, 3.63) is 29.3 Å². The Morgan fingerprint density at radius 3 is 2.67 bits per heavy atom. The molecule has 0 spiro atoms. The van der Waals surface area contributed by atoms with Crippen LogP contribution in [0, 0.1) is 17.2 Å². The molecular weight excluding hydrogens is 230 g/mol. The molecular formula is C13H13N3O2. The SMILES string of the molecule is CC(C#N)CNc1ccc2c(c1)C(=O)N(C)C2=O. The maximum atomic E-state index is 11.8. The standard InChI is InChI=1S/C13H13N3O2/c1-8(6-14)7-15-9-3-4-10-11(5-9)13(18)16(2)12(10)17/h3-5,8,15H,7H2,1-2H3. The highest BCUT2D eigenvalue weighted by atomic mass is 16.2. The molecule has 1 unspecified atom stereocenters. The summed E-state index contributed by atoms with van der Waals surface area (Å²) in [4.78, 5) is 24.6. The summed E-state index contributed by atoms with van der Waals surface area (Å²) in [5.74, 6) is -0.669. The zero-order valence-corrected chi connectivity index (χ0v) is 10.2. The number of benzene rings is 1. The second kappa shape index (κ2) is 4.49. The molecule has 0 radical (unpaired) electrons. The van der Waals surface area contributed by atoms with Gasteiger partial charge in [0.15, 0.2) is 0 Å². The second-order valence-electron chi connectivity index (χ2n) is 4.34. The molecule has 92 valence electrons. The van der Waals surface area contributed by atoms with Gasteiger partial charge in [-0.3, -0.25) is 14.5 Å². The number of fused-ring (bicyclic) bond motifs is 1. The number of nitriles is 1. The number of rotatable bonds is 3. The maximum absolute atomic E-state index is 11.8. The molecule has 1 aliphatic rings. The van der Waals surface area contributed by atoms with Crippen LogP contribution in [0.15, 0.2) is 18.2 Å². The van der Waals surface area contributed by atoms with Gasteiger partial charge in [0.1, 0.15) is 0 Å². The van der Waals surface area contributed by atoms with Gasteiger partial charge in [0.2, 0.25) is 0 Å². The van der Waals surface area contributed by atoms with Crippen molar-refractivity contribution < 1.29 is 9.59 Å². The number of anilines is 1. The maximum Gasteiger partial charge on any atom is 0.261 e. The van der Waals surface area contributed by atoms with Crippen LogP contribution in [0.2, 0.25) is 0 Å². The summed E-state index contributed by atoms with van der Waals surface area (Å²) >= 11 is 0. The summed E-state index contributed by atoms with van der Waals surface area (Å²) in [6.45, 7) is 2.32. The number of carbonyl (C=O) groups excluding carboxylic acids is 2. The van der Waals surface area contributed by atoms with E-state index < -0.39 is 0 Å². The average Bonchev–Trinajstić information content (AvgIpc) is 2.61. The number of amides is 2. The van der Waals surface area contributed by atoms with E-state index in [1.165, 1.54) is 7.05 Å². The van der Waals surface area contributed by atoms with Gasteiger partial charge in [-0.25, -0.2) is 0 Å². The van der Waals surface area contributed by atoms with E-state index in [1.54, 1.807) is 18.2 Å². The topological polar surface area (TPSA) is 73.2 Å². The minimum Gasteiger partial charge on any atom is -0.384 e. The van der Waals surface area contributed by atoms with Crippen LogP contribution in [0.3, 0.4) is 0 Å². The number of hydrogen-bond acceptors (Lipinski definition) is 4. The minimum absolute atomic E-state index is 0.113. The Labute approximate surface area is 105 Å². The molecule has 1 aliphatic heterocycles. The Bertz CT molecular complexity index is 560. The number of imide groups is 1. The fraction of sp³-hybridized carbons (Fsp3) is 0.308. The smallest absolute Gasteiger partial charge is 0.261 e. The first-order valence-corrected chi connectivity index (χ1v) is 5.64. The first-order valence-electron chi connectivity index (χ1n) is 5.64. The van der Waals surface area contributed by atoms with E-state index >= 15 is 0 Å². The van der Waals surface area contributed by atoms with Gasteiger partial charge >= 0.3 is 0 Å². The zero-order valence-electron chi connectivity index (χ0n) is 10.2. The predicted octanol–water partition coefficient (Wildman–Crippen LogP) is 1.48. The van der Waals surface area contributed by atoms with Crippen molar-refractivity contribution in [3.8, 4) is 6.07 Å². The molecule has 0 saturated heterocycles. The van der Waals surface area contributed by atoms with Crippen LogP contribution in [0.4, 0.5) is 5.69 Å². The third-order valence-electron chi connectivity index (χ3n) is 2.92. The van der Waals surface area contributed by atoms with Crippen LogP contribution in [0.1, 0.15) is 27.6 Å². The van der Waals surface area contributed by atoms with Gasteiger partial charge < -0.3 is 5.32 Å². The first-order chi connectivity index (χ1) is 8.54. The van der Waals surface area contributed by atoms with Crippen LogP contribution < -0.4 is 5.32 Å². The van der Waals surface area contributed by atoms with E-state index in [1.807, 2.05) is 6.92 Å². The van der Waals surface area contributed by atoms with Gasteiger partial charge in [-0.1, -0.05) is 0 Å². The molecule has 0 aliphatic carbocycles. The van der Waals surface area contributed by atoms with Crippen molar-refractivity contribution >= 4 is 17.5 Å². The molecule has 1 atom stereocenters. The molecule has 2 rings (SSSR count). The average molecular weight is 243 g/mol. The molecule has 1 aromatic carbocycles. The molecule has 2 amide bonds. The number of hydrogen-bond donors (Lipinski definition) is 1. The van der Waals surface area contributed by atoms with Crippen LogP contribution in [-0.4, -0.2) is 30.3 Å². The quantitative estimate of drug-likeness (QED) is 0.816. The summed E-state index contributed by atoms with van der Waals surface area (Å²) in [7, 11) is 1.47. The van der Waals surface area contributed by atoms with Crippen molar-refractivity contribution in [1.82, 2.24) is 4.90 Å². The summed E-state index contributed by atoms with van der Waals surface area (Å²) in [6, 6.07) is 7.16. The number of nitrogens with zero attached hydrogens (tertiary/aromatic N) is 2. The Morgan fingerprint density at radius 1 is 1.33 bits per heavy atom. The van der Waals surface area contributed by atoms with Crippen LogP contribution >= 0.6 is 0 Å². The van der Waals surface area contributed by atoms with E-state index in [4.69, 9.17) is 5.26 Å². The summed E-state index contributed by atoms with van der Waals surface area (Å²) in [5.41, 5.74) is 1.59. The van der Waals surface area contributed by atoms with E-state index in [9.17, 15) is 9.59 Å². The minimum atomic E-state index is -0.285. The summed E-state index contributed by atoms with van der Waals surface area (Å²) in [6.07, 6.45) is 0. The van der Waals surface area contributed by atoms with Gasteiger partial charge in [-0.05, 0) is 25.1 Å². The van der Waals surface area contributed by atoms with Gasteiger partial charge in [-0.15, -0.1) is 0 Å². The highest BCUT2D eigenvalue weighted by molar-refractivity contribution is 6.21. The molecule has 0 fully saturated rings. The molecule has 0 aromatic heterocycles. The fourth-order valence-electron chi connectivity index (χ4n) is 1.79. The molecule has 5 heteroatoms. The Hall–Kier alpha value is -2.35. The van der Waals surface area contributed by atoms with E-state index in [-0.39, 0.29) is 17.7 Å². The molecule has 18 heavy (non-hydrogen) atoms. The van der Waals surface area contributed by atoms with E-state index in [0.717, 1.165) is 10.6 Å². The molecule has 0 saturated carbocycles. The highest BCUT2D eigenvalue weighted by Crippen LogP contribution is 2.24. The number of nitrogens with one attached hydrogen (secondary N) is 1. The van der Waals surface area contributed by atoms with Crippen molar-refractivity contribution in [2.45, 2.75) is 6.92 Å². The fourth-order valence-corrected chi connectivity index (χ4v) is 1.79. The van der Waals surface area contributed by atoms with Crippen LogP contribution in [0.25, 0.3) is 0 Å². The van der Waals surface area contributed by atoms with Gasteiger partial charge in [0.05, 0.1) is 23.1 Å². The lowest BCUT2D eigenvalue weighted by Crippen LogP contribution is -2.24. The third kappa shape index (κ3) is 1.93. The lowest BCUT2D eigenvalue weighted by atomic mass is 10.1. The normalized spacial score (nSPS) is 15.3. The van der Waals surface area contributed by atoms with Crippen molar-refractivity contribution in [3.63, 3.8) is 0 Å². The van der Waals surface area contributed by atoms with E-state index in [2.05, 4.69) is 11.4 Å². The van der Waals surface area contributed by atoms with Crippen molar-refractivity contribution in [2.75, 3.05) is 18.9 Å². The molecule has 5 nitrogen and oxygen atoms in total. The molecule has 0 bridgehead atoms.